The zero-order valence-corrected chi connectivity index (χ0v) is 12.2. The molecule has 0 aromatic carbocycles. The normalized spacial score (nSPS) is 13.4. The van der Waals surface area contributed by atoms with Crippen molar-refractivity contribution in [1.29, 1.82) is 0 Å². The standard InChI is InChI=1S/C11H18Cl2N2S/c1-8(15(3)6-4-5-14-2)9-7-10(12)16-11(9)13/h7-8,14H,4-6H2,1-3H3. The van der Waals surface area contributed by atoms with Crippen molar-refractivity contribution in [3.8, 4) is 0 Å². The maximum absolute atomic E-state index is 6.14. The molecule has 0 amide bonds. The predicted octanol–water partition coefficient (Wildman–Crippen LogP) is 3.66. The van der Waals surface area contributed by atoms with E-state index in [2.05, 4.69) is 24.2 Å². The Labute approximate surface area is 112 Å². The molecule has 0 aliphatic heterocycles. The summed E-state index contributed by atoms with van der Waals surface area (Å²) in [5.41, 5.74) is 1.13. The Bertz CT molecular complexity index is 328. The van der Waals surface area contributed by atoms with Gasteiger partial charge in [-0.1, -0.05) is 23.2 Å². The van der Waals surface area contributed by atoms with Gasteiger partial charge in [0, 0.05) is 11.6 Å². The summed E-state index contributed by atoms with van der Waals surface area (Å²) in [6.45, 7) is 4.24. The number of hydrogen-bond acceptors (Lipinski definition) is 3. The predicted molar refractivity (Wildman–Crippen MR) is 73.9 cm³/mol. The zero-order valence-electron chi connectivity index (χ0n) is 9.89. The van der Waals surface area contributed by atoms with Crippen molar-refractivity contribution in [2.45, 2.75) is 19.4 Å². The third-order valence-electron chi connectivity index (χ3n) is 2.73. The first kappa shape index (κ1) is 14.3. The van der Waals surface area contributed by atoms with Gasteiger partial charge in [0.25, 0.3) is 0 Å². The van der Waals surface area contributed by atoms with Crippen LogP contribution in [0.4, 0.5) is 0 Å². The molecule has 0 radical (unpaired) electrons. The number of thiophene rings is 1. The molecule has 92 valence electrons. The second-order valence-electron chi connectivity index (χ2n) is 3.89. The molecule has 1 N–H and O–H groups in total. The molecule has 0 saturated carbocycles. The highest BCUT2D eigenvalue weighted by Crippen LogP contribution is 2.36. The molecule has 1 rings (SSSR count). The first-order valence-electron chi connectivity index (χ1n) is 5.35. The van der Waals surface area contributed by atoms with E-state index in [0.29, 0.717) is 6.04 Å². The van der Waals surface area contributed by atoms with Crippen molar-refractivity contribution in [2.75, 3.05) is 27.2 Å². The Morgan fingerprint density at radius 3 is 2.69 bits per heavy atom. The van der Waals surface area contributed by atoms with Gasteiger partial charge >= 0.3 is 0 Å². The minimum absolute atomic E-state index is 0.313. The van der Waals surface area contributed by atoms with Crippen LogP contribution >= 0.6 is 34.5 Å². The average Bonchev–Trinajstić information content (AvgIpc) is 2.57. The smallest absolute Gasteiger partial charge is 0.0991 e. The fourth-order valence-corrected chi connectivity index (χ4v) is 3.21. The van der Waals surface area contributed by atoms with Crippen LogP contribution in [0.5, 0.6) is 0 Å². The molecule has 1 atom stereocenters. The van der Waals surface area contributed by atoms with E-state index in [1.165, 1.54) is 11.3 Å². The fraction of sp³-hybridized carbons (Fsp3) is 0.636. The Hall–Kier alpha value is 0.200. The second kappa shape index (κ2) is 6.82. The van der Waals surface area contributed by atoms with Gasteiger partial charge in [-0.2, -0.15) is 0 Å². The highest BCUT2D eigenvalue weighted by Gasteiger charge is 2.16. The van der Waals surface area contributed by atoms with Crippen LogP contribution in [0.3, 0.4) is 0 Å². The van der Waals surface area contributed by atoms with Crippen LogP contribution in [-0.4, -0.2) is 32.1 Å². The fourth-order valence-electron chi connectivity index (χ4n) is 1.57. The molecule has 1 heterocycles. The van der Waals surface area contributed by atoms with Crippen LogP contribution in [0.15, 0.2) is 6.07 Å². The van der Waals surface area contributed by atoms with E-state index in [1.54, 1.807) is 0 Å². The van der Waals surface area contributed by atoms with Crippen LogP contribution in [0.1, 0.15) is 24.9 Å². The zero-order chi connectivity index (χ0) is 12.1. The van der Waals surface area contributed by atoms with Gasteiger partial charge in [0.1, 0.15) is 0 Å². The Morgan fingerprint density at radius 2 is 2.19 bits per heavy atom. The Morgan fingerprint density at radius 1 is 1.50 bits per heavy atom. The third kappa shape index (κ3) is 3.90. The monoisotopic (exact) mass is 280 g/mol. The molecule has 0 aliphatic carbocycles. The van der Waals surface area contributed by atoms with Crippen molar-refractivity contribution in [1.82, 2.24) is 10.2 Å². The van der Waals surface area contributed by atoms with E-state index in [-0.39, 0.29) is 0 Å². The van der Waals surface area contributed by atoms with Crippen molar-refractivity contribution in [2.24, 2.45) is 0 Å². The van der Waals surface area contributed by atoms with Crippen LogP contribution in [-0.2, 0) is 0 Å². The van der Waals surface area contributed by atoms with Crippen molar-refractivity contribution in [3.05, 3.63) is 20.3 Å². The Kier molecular flexibility index (Phi) is 6.08. The molecule has 1 aromatic heterocycles. The Balaban J connectivity index is 2.56. The SMILES string of the molecule is CNCCCN(C)C(C)c1cc(Cl)sc1Cl. The van der Waals surface area contributed by atoms with Gasteiger partial charge in [-0.05, 0) is 46.6 Å². The molecule has 0 aliphatic rings. The van der Waals surface area contributed by atoms with Crippen molar-refractivity contribution in [3.63, 3.8) is 0 Å². The topological polar surface area (TPSA) is 15.3 Å². The summed E-state index contributed by atoms with van der Waals surface area (Å²) in [5, 5.41) is 3.15. The maximum atomic E-state index is 6.14. The van der Waals surface area contributed by atoms with Gasteiger partial charge in [-0.3, -0.25) is 4.90 Å². The van der Waals surface area contributed by atoms with Gasteiger partial charge < -0.3 is 5.32 Å². The molecule has 0 fully saturated rings. The largest absolute Gasteiger partial charge is 0.320 e. The minimum atomic E-state index is 0.313. The van der Waals surface area contributed by atoms with Gasteiger partial charge in [0.05, 0.1) is 8.67 Å². The van der Waals surface area contributed by atoms with E-state index >= 15 is 0 Å². The number of nitrogens with zero attached hydrogens (tertiary/aromatic N) is 1. The summed E-state index contributed by atoms with van der Waals surface area (Å²) in [5.74, 6) is 0. The molecule has 5 heteroatoms. The lowest BCUT2D eigenvalue weighted by Gasteiger charge is -2.24. The van der Waals surface area contributed by atoms with Crippen molar-refractivity contribution >= 4 is 34.5 Å². The maximum Gasteiger partial charge on any atom is 0.0991 e. The van der Waals surface area contributed by atoms with E-state index < -0.39 is 0 Å². The van der Waals surface area contributed by atoms with E-state index in [1.807, 2.05) is 13.1 Å². The second-order valence-corrected chi connectivity index (χ2v) is 6.18. The van der Waals surface area contributed by atoms with Gasteiger partial charge in [-0.25, -0.2) is 0 Å². The number of nitrogens with one attached hydrogen (secondary N) is 1. The number of hydrogen-bond donors (Lipinski definition) is 1. The molecule has 1 unspecified atom stereocenters. The number of halogens is 2. The van der Waals surface area contributed by atoms with Crippen LogP contribution in [0, 0.1) is 0 Å². The quantitative estimate of drug-likeness (QED) is 0.801. The lowest BCUT2D eigenvalue weighted by atomic mass is 10.1. The van der Waals surface area contributed by atoms with E-state index in [0.717, 1.165) is 33.7 Å². The summed E-state index contributed by atoms with van der Waals surface area (Å²) in [4.78, 5) is 2.29. The van der Waals surface area contributed by atoms with Crippen LogP contribution in [0.25, 0.3) is 0 Å². The molecular weight excluding hydrogens is 263 g/mol. The lowest BCUT2D eigenvalue weighted by molar-refractivity contribution is 0.258. The molecular formula is C11H18Cl2N2S. The van der Waals surface area contributed by atoms with Gasteiger partial charge in [0.2, 0.25) is 0 Å². The van der Waals surface area contributed by atoms with Crippen LogP contribution < -0.4 is 5.32 Å². The third-order valence-corrected chi connectivity index (χ3v) is 4.25. The summed E-state index contributed by atoms with van der Waals surface area (Å²) < 4.78 is 1.56. The minimum Gasteiger partial charge on any atom is -0.320 e. The molecule has 1 aromatic rings. The van der Waals surface area contributed by atoms with Gasteiger partial charge in [-0.15, -0.1) is 11.3 Å². The van der Waals surface area contributed by atoms with Gasteiger partial charge in [0.15, 0.2) is 0 Å². The highest BCUT2D eigenvalue weighted by molar-refractivity contribution is 7.20. The lowest BCUT2D eigenvalue weighted by Crippen LogP contribution is -2.25. The number of rotatable bonds is 6. The highest BCUT2D eigenvalue weighted by atomic mass is 35.5. The molecule has 2 nitrogen and oxygen atoms in total. The summed E-state index contributed by atoms with van der Waals surface area (Å²) >= 11 is 13.5. The molecule has 0 spiro atoms. The summed E-state index contributed by atoms with van der Waals surface area (Å²) in [6, 6.07) is 2.28. The first-order valence-corrected chi connectivity index (χ1v) is 6.93. The molecule has 0 saturated heterocycles. The van der Waals surface area contributed by atoms with Crippen molar-refractivity contribution < 1.29 is 0 Å². The van der Waals surface area contributed by atoms with E-state index in [9.17, 15) is 0 Å². The molecule has 0 bridgehead atoms. The first-order chi connectivity index (χ1) is 7.56. The summed E-state index contributed by atoms with van der Waals surface area (Å²) in [6.07, 6.45) is 1.13. The van der Waals surface area contributed by atoms with Crippen LogP contribution in [0.2, 0.25) is 8.67 Å². The summed E-state index contributed by atoms with van der Waals surface area (Å²) in [7, 11) is 4.08. The van der Waals surface area contributed by atoms with E-state index in [4.69, 9.17) is 23.2 Å². The average molecular weight is 281 g/mol. The molecule has 16 heavy (non-hydrogen) atoms.